The molecule has 0 saturated heterocycles. The van der Waals surface area contributed by atoms with E-state index in [0.29, 0.717) is 17.7 Å². The molecule has 0 aliphatic carbocycles. The molecule has 0 aromatic heterocycles. The number of carbonyl (C=O) groups is 1. The minimum atomic E-state index is -0.456. The molecular weight excluding hydrogens is 192 g/mol. The Labute approximate surface area is 89.0 Å². The van der Waals surface area contributed by atoms with Gasteiger partial charge < -0.3 is 9.84 Å². The van der Waals surface area contributed by atoms with Crippen LogP contribution in [0.15, 0.2) is 30.4 Å². The Balaban J connectivity index is 2.87. The van der Waals surface area contributed by atoms with Gasteiger partial charge in [-0.1, -0.05) is 13.5 Å². The number of carbonyl (C=O) groups excluding carboxylic acids is 1. The molecule has 1 aromatic carbocycles. The lowest BCUT2D eigenvalue weighted by atomic mass is 10.1. The summed E-state index contributed by atoms with van der Waals surface area (Å²) in [6, 6.07) is 4.71. The highest BCUT2D eigenvalue weighted by atomic mass is 16.5. The lowest BCUT2D eigenvalue weighted by Crippen LogP contribution is -2.08. The Morgan fingerprint density at radius 3 is 2.73 bits per heavy atom. The zero-order chi connectivity index (χ0) is 11.4. The Morgan fingerprint density at radius 2 is 2.20 bits per heavy atom. The van der Waals surface area contributed by atoms with Crippen molar-refractivity contribution in [1.82, 2.24) is 0 Å². The van der Waals surface area contributed by atoms with Crippen LogP contribution in [0, 0.1) is 0 Å². The first-order valence-electron chi connectivity index (χ1n) is 4.74. The third-order valence-corrected chi connectivity index (χ3v) is 1.99. The van der Waals surface area contributed by atoms with Crippen molar-refractivity contribution in [2.45, 2.75) is 20.3 Å². The molecule has 1 rings (SSSR count). The maximum atomic E-state index is 11.2. The first-order chi connectivity index (χ1) is 7.04. The van der Waals surface area contributed by atoms with Gasteiger partial charge >= 0.3 is 5.97 Å². The first kappa shape index (κ1) is 11.3. The van der Waals surface area contributed by atoms with E-state index in [2.05, 4.69) is 6.58 Å². The van der Waals surface area contributed by atoms with Gasteiger partial charge in [0, 0.05) is 5.57 Å². The van der Waals surface area contributed by atoms with Gasteiger partial charge in [-0.25, -0.2) is 4.79 Å². The van der Waals surface area contributed by atoms with Crippen molar-refractivity contribution >= 4 is 5.97 Å². The molecule has 3 nitrogen and oxygen atoms in total. The molecular formula is C12H14O3. The van der Waals surface area contributed by atoms with Crippen LogP contribution in [0.2, 0.25) is 0 Å². The molecule has 80 valence electrons. The number of phenolic OH excluding ortho intramolecular Hbond substituents is 1. The zero-order valence-corrected chi connectivity index (χ0v) is 8.91. The van der Waals surface area contributed by atoms with Crippen molar-refractivity contribution < 1.29 is 14.6 Å². The zero-order valence-electron chi connectivity index (χ0n) is 8.91. The number of hydrogen-bond acceptors (Lipinski definition) is 3. The van der Waals surface area contributed by atoms with Crippen molar-refractivity contribution in [2.75, 3.05) is 0 Å². The molecule has 0 unspecified atom stereocenters. The largest absolute Gasteiger partial charge is 0.508 e. The van der Waals surface area contributed by atoms with Crippen molar-refractivity contribution in [2.24, 2.45) is 0 Å². The second-order valence-electron chi connectivity index (χ2n) is 3.31. The van der Waals surface area contributed by atoms with E-state index in [4.69, 9.17) is 4.74 Å². The Hall–Kier alpha value is -1.77. The predicted octanol–water partition coefficient (Wildman–Crippen LogP) is 2.44. The smallest absolute Gasteiger partial charge is 0.338 e. The summed E-state index contributed by atoms with van der Waals surface area (Å²) in [5, 5.41) is 9.42. The molecule has 0 aliphatic rings. The lowest BCUT2D eigenvalue weighted by molar-refractivity contribution is -0.130. The summed E-state index contributed by atoms with van der Waals surface area (Å²) in [5.41, 5.74) is 1.10. The fourth-order valence-corrected chi connectivity index (χ4v) is 1.10. The molecule has 0 aliphatic heterocycles. The number of hydrogen-bond donors (Lipinski definition) is 1. The van der Waals surface area contributed by atoms with Crippen LogP contribution in [-0.2, 0) is 11.2 Å². The van der Waals surface area contributed by atoms with Crippen molar-refractivity contribution in [3.05, 3.63) is 35.9 Å². The van der Waals surface area contributed by atoms with Gasteiger partial charge in [0.15, 0.2) is 0 Å². The standard InChI is InChI=1S/C12H14O3/c1-4-9-7-10(5-6-11(9)13)15-12(14)8(2)3/h5-7,13H,2,4H2,1,3H3. The Bertz CT molecular complexity index is 394. The highest BCUT2D eigenvalue weighted by molar-refractivity contribution is 5.88. The van der Waals surface area contributed by atoms with Crippen molar-refractivity contribution in [3.63, 3.8) is 0 Å². The topological polar surface area (TPSA) is 46.5 Å². The van der Waals surface area contributed by atoms with E-state index in [9.17, 15) is 9.90 Å². The van der Waals surface area contributed by atoms with Gasteiger partial charge in [-0.2, -0.15) is 0 Å². The number of rotatable bonds is 3. The van der Waals surface area contributed by atoms with E-state index in [0.717, 1.165) is 5.56 Å². The first-order valence-corrected chi connectivity index (χ1v) is 4.74. The summed E-state index contributed by atoms with van der Waals surface area (Å²) in [5.74, 6) is 0.188. The second-order valence-corrected chi connectivity index (χ2v) is 3.31. The normalized spacial score (nSPS) is 9.73. The summed E-state index contributed by atoms with van der Waals surface area (Å²) in [6.45, 7) is 6.99. The molecule has 0 fully saturated rings. The second kappa shape index (κ2) is 4.64. The van der Waals surface area contributed by atoms with Gasteiger partial charge in [-0.3, -0.25) is 0 Å². The van der Waals surface area contributed by atoms with E-state index in [1.807, 2.05) is 6.92 Å². The van der Waals surface area contributed by atoms with Crippen LogP contribution in [0.3, 0.4) is 0 Å². The maximum absolute atomic E-state index is 11.2. The molecule has 1 N–H and O–H groups in total. The Kier molecular flexibility index (Phi) is 3.50. The van der Waals surface area contributed by atoms with Gasteiger partial charge in [-0.05, 0) is 37.1 Å². The SMILES string of the molecule is C=C(C)C(=O)Oc1ccc(O)c(CC)c1. The van der Waals surface area contributed by atoms with Crippen LogP contribution in [0.4, 0.5) is 0 Å². The molecule has 0 atom stereocenters. The summed E-state index contributed by atoms with van der Waals surface area (Å²) >= 11 is 0. The Morgan fingerprint density at radius 1 is 1.53 bits per heavy atom. The van der Waals surface area contributed by atoms with Gasteiger partial charge in [0.2, 0.25) is 0 Å². The lowest BCUT2D eigenvalue weighted by Gasteiger charge is -2.06. The predicted molar refractivity (Wildman–Crippen MR) is 57.9 cm³/mol. The molecule has 0 saturated carbocycles. The number of esters is 1. The fraction of sp³-hybridized carbons (Fsp3) is 0.250. The molecule has 0 spiro atoms. The minimum Gasteiger partial charge on any atom is -0.508 e. The van der Waals surface area contributed by atoms with Crippen LogP contribution >= 0.6 is 0 Å². The number of aromatic hydroxyl groups is 1. The average molecular weight is 206 g/mol. The highest BCUT2D eigenvalue weighted by Gasteiger charge is 2.07. The molecule has 1 aromatic rings. The number of benzene rings is 1. The summed E-state index contributed by atoms with van der Waals surface area (Å²) < 4.78 is 5.02. The molecule has 3 heteroatoms. The van der Waals surface area contributed by atoms with Gasteiger partial charge in [-0.15, -0.1) is 0 Å². The van der Waals surface area contributed by atoms with E-state index < -0.39 is 5.97 Å². The van der Waals surface area contributed by atoms with Crippen LogP contribution in [0.1, 0.15) is 19.4 Å². The number of ether oxygens (including phenoxy) is 1. The summed E-state index contributed by atoms with van der Waals surface area (Å²) in [7, 11) is 0. The number of aryl methyl sites for hydroxylation is 1. The number of phenols is 1. The maximum Gasteiger partial charge on any atom is 0.338 e. The summed E-state index contributed by atoms with van der Waals surface area (Å²) in [6.07, 6.45) is 0.685. The van der Waals surface area contributed by atoms with E-state index >= 15 is 0 Å². The molecule has 0 amide bonds. The third kappa shape index (κ3) is 2.84. The third-order valence-electron chi connectivity index (χ3n) is 1.99. The van der Waals surface area contributed by atoms with Crippen LogP contribution in [-0.4, -0.2) is 11.1 Å². The van der Waals surface area contributed by atoms with Crippen LogP contribution in [0.25, 0.3) is 0 Å². The van der Waals surface area contributed by atoms with Crippen molar-refractivity contribution in [1.29, 1.82) is 0 Å². The quantitative estimate of drug-likeness (QED) is 0.469. The van der Waals surface area contributed by atoms with Crippen LogP contribution < -0.4 is 4.74 Å². The molecule has 15 heavy (non-hydrogen) atoms. The fourth-order valence-electron chi connectivity index (χ4n) is 1.10. The van der Waals surface area contributed by atoms with E-state index in [-0.39, 0.29) is 5.75 Å². The molecule has 0 radical (unpaired) electrons. The molecule has 0 heterocycles. The minimum absolute atomic E-state index is 0.215. The van der Waals surface area contributed by atoms with Gasteiger partial charge in [0.25, 0.3) is 0 Å². The highest BCUT2D eigenvalue weighted by Crippen LogP contribution is 2.23. The van der Waals surface area contributed by atoms with Gasteiger partial charge in [0.05, 0.1) is 0 Å². The van der Waals surface area contributed by atoms with Gasteiger partial charge in [0.1, 0.15) is 11.5 Å². The monoisotopic (exact) mass is 206 g/mol. The summed E-state index contributed by atoms with van der Waals surface area (Å²) in [4.78, 5) is 11.2. The average Bonchev–Trinajstić information content (AvgIpc) is 2.20. The van der Waals surface area contributed by atoms with Crippen molar-refractivity contribution in [3.8, 4) is 11.5 Å². The van der Waals surface area contributed by atoms with E-state index in [1.165, 1.54) is 6.07 Å². The van der Waals surface area contributed by atoms with Crippen LogP contribution in [0.5, 0.6) is 11.5 Å². The van der Waals surface area contributed by atoms with E-state index in [1.54, 1.807) is 19.1 Å². The molecule has 0 bridgehead atoms.